The van der Waals surface area contributed by atoms with Crippen LogP contribution in [0.2, 0.25) is 10.0 Å². The summed E-state index contributed by atoms with van der Waals surface area (Å²) >= 11 is 11.7. The molecule has 0 bridgehead atoms. The van der Waals surface area contributed by atoms with Crippen molar-refractivity contribution in [2.24, 2.45) is 0 Å². The van der Waals surface area contributed by atoms with Crippen LogP contribution < -0.4 is 0 Å². The molecule has 0 saturated carbocycles. The number of hydrogen-bond donors (Lipinski definition) is 1. The number of aromatic nitrogens is 2. The summed E-state index contributed by atoms with van der Waals surface area (Å²) in [5.41, 5.74) is 1.69. The van der Waals surface area contributed by atoms with E-state index >= 15 is 0 Å². The van der Waals surface area contributed by atoms with Crippen LogP contribution in [0.1, 0.15) is 5.69 Å². The molecule has 1 aromatic carbocycles. The van der Waals surface area contributed by atoms with E-state index in [1.165, 1.54) is 0 Å². The molecule has 2 aromatic rings. The standard InChI is InChI=1S/C11H10Cl2N2O/c12-10-2-1-9(7-11(10)13)15-5-3-8(14-15)4-6-16/h1-3,5,7,16H,4,6H2. The Hall–Kier alpha value is -1.03. The number of benzene rings is 1. The SMILES string of the molecule is OCCc1ccn(-c2ccc(Cl)c(Cl)c2)n1. The fourth-order valence-electron chi connectivity index (χ4n) is 1.38. The normalized spacial score (nSPS) is 10.7. The molecule has 16 heavy (non-hydrogen) atoms. The number of rotatable bonds is 3. The zero-order valence-corrected chi connectivity index (χ0v) is 9.91. The van der Waals surface area contributed by atoms with Crippen molar-refractivity contribution in [1.29, 1.82) is 0 Å². The third kappa shape index (κ3) is 2.38. The van der Waals surface area contributed by atoms with Crippen LogP contribution in [0, 0.1) is 0 Å². The van der Waals surface area contributed by atoms with E-state index in [-0.39, 0.29) is 6.61 Å². The van der Waals surface area contributed by atoms with Gasteiger partial charge in [-0.1, -0.05) is 23.2 Å². The minimum atomic E-state index is 0.0956. The molecule has 0 fully saturated rings. The molecule has 0 atom stereocenters. The summed E-state index contributed by atoms with van der Waals surface area (Å²) in [6.07, 6.45) is 2.37. The van der Waals surface area contributed by atoms with Crippen LogP contribution in [0.25, 0.3) is 5.69 Å². The van der Waals surface area contributed by atoms with Gasteiger partial charge in [0.1, 0.15) is 0 Å². The van der Waals surface area contributed by atoms with Crippen LogP contribution in [0.5, 0.6) is 0 Å². The molecule has 0 spiro atoms. The van der Waals surface area contributed by atoms with Gasteiger partial charge in [-0.3, -0.25) is 0 Å². The summed E-state index contributed by atoms with van der Waals surface area (Å²) in [5.74, 6) is 0. The first-order valence-electron chi connectivity index (χ1n) is 4.81. The number of aliphatic hydroxyl groups excluding tert-OH is 1. The van der Waals surface area contributed by atoms with E-state index in [1.54, 1.807) is 16.8 Å². The Morgan fingerprint density at radius 2 is 2.00 bits per heavy atom. The lowest BCUT2D eigenvalue weighted by Crippen LogP contribution is -1.97. The average Bonchev–Trinajstić information content (AvgIpc) is 2.71. The molecular weight excluding hydrogens is 247 g/mol. The molecule has 0 amide bonds. The van der Waals surface area contributed by atoms with Crippen LogP contribution in [0.4, 0.5) is 0 Å². The van der Waals surface area contributed by atoms with Gasteiger partial charge in [0.15, 0.2) is 0 Å². The molecule has 0 saturated heterocycles. The fraction of sp³-hybridized carbons (Fsp3) is 0.182. The Kier molecular flexibility index (Phi) is 3.49. The first kappa shape index (κ1) is 11.5. The molecule has 0 aliphatic heterocycles. The van der Waals surface area contributed by atoms with Gasteiger partial charge in [-0.2, -0.15) is 5.10 Å². The molecule has 0 radical (unpaired) electrons. The minimum absolute atomic E-state index is 0.0956. The minimum Gasteiger partial charge on any atom is -0.396 e. The summed E-state index contributed by atoms with van der Waals surface area (Å²) < 4.78 is 1.70. The van der Waals surface area contributed by atoms with E-state index in [1.807, 2.05) is 18.3 Å². The van der Waals surface area contributed by atoms with Gasteiger partial charge in [0.05, 0.1) is 21.4 Å². The van der Waals surface area contributed by atoms with Gasteiger partial charge in [-0.05, 0) is 24.3 Å². The highest BCUT2D eigenvalue weighted by Gasteiger charge is 2.03. The lowest BCUT2D eigenvalue weighted by Gasteiger charge is -2.02. The molecule has 5 heteroatoms. The molecule has 0 unspecified atom stereocenters. The van der Waals surface area contributed by atoms with E-state index < -0.39 is 0 Å². The maximum Gasteiger partial charge on any atom is 0.0661 e. The molecule has 84 valence electrons. The number of halogens is 2. The van der Waals surface area contributed by atoms with E-state index in [0.717, 1.165) is 11.4 Å². The van der Waals surface area contributed by atoms with E-state index in [9.17, 15) is 0 Å². The van der Waals surface area contributed by atoms with Gasteiger partial charge >= 0.3 is 0 Å². The maximum absolute atomic E-state index is 8.79. The lowest BCUT2D eigenvalue weighted by molar-refractivity contribution is 0.298. The highest BCUT2D eigenvalue weighted by Crippen LogP contribution is 2.24. The second-order valence-corrected chi connectivity index (χ2v) is 4.14. The predicted molar refractivity (Wildman–Crippen MR) is 64.4 cm³/mol. The second kappa shape index (κ2) is 4.87. The summed E-state index contributed by atoms with van der Waals surface area (Å²) in [7, 11) is 0. The van der Waals surface area contributed by atoms with Gasteiger partial charge in [-0.15, -0.1) is 0 Å². The van der Waals surface area contributed by atoms with Crippen molar-refractivity contribution in [2.45, 2.75) is 6.42 Å². The van der Waals surface area contributed by atoms with Gasteiger partial charge in [0.2, 0.25) is 0 Å². The van der Waals surface area contributed by atoms with Crippen LogP contribution in [-0.2, 0) is 6.42 Å². The van der Waals surface area contributed by atoms with Gasteiger partial charge in [0.25, 0.3) is 0 Å². The van der Waals surface area contributed by atoms with Crippen molar-refractivity contribution in [3.8, 4) is 5.69 Å². The van der Waals surface area contributed by atoms with Crippen molar-refractivity contribution in [3.05, 3.63) is 46.2 Å². The van der Waals surface area contributed by atoms with Crippen LogP contribution >= 0.6 is 23.2 Å². The first-order valence-corrected chi connectivity index (χ1v) is 5.57. The third-order valence-corrected chi connectivity index (χ3v) is 2.92. The van der Waals surface area contributed by atoms with Crippen molar-refractivity contribution in [1.82, 2.24) is 9.78 Å². The highest BCUT2D eigenvalue weighted by molar-refractivity contribution is 6.42. The number of aliphatic hydroxyl groups is 1. The fourth-order valence-corrected chi connectivity index (χ4v) is 1.67. The molecule has 1 heterocycles. The Balaban J connectivity index is 2.31. The molecular formula is C11H10Cl2N2O. The van der Waals surface area contributed by atoms with E-state index in [2.05, 4.69) is 5.10 Å². The van der Waals surface area contributed by atoms with Gasteiger partial charge in [0, 0.05) is 19.2 Å². The first-order chi connectivity index (χ1) is 7.70. The Morgan fingerprint density at radius 3 is 2.69 bits per heavy atom. The molecule has 3 nitrogen and oxygen atoms in total. The predicted octanol–water partition coefficient (Wildman–Crippen LogP) is 2.71. The quantitative estimate of drug-likeness (QED) is 0.917. The topological polar surface area (TPSA) is 38.0 Å². The molecule has 0 aliphatic carbocycles. The molecule has 1 aromatic heterocycles. The molecule has 1 N–H and O–H groups in total. The largest absolute Gasteiger partial charge is 0.396 e. The van der Waals surface area contributed by atoms with Gasteiger partial charge < -0.3 is 5.11 Å². The second-order valence-electron chi connectivity index (χ2n) is 3.32. The van der Waals surface area contributed by atoms with Crippen molar-refractivity contribution in [3.63, 3.8) is 0 Å². The van der Waals surface area contributed by atoms with Crippen molar-refractivity contribution in [2.75, 3.05) is 6.61 Å². The van der Waals surface area contributed by atoms with Crippen molar-refractivity contribution < 1.29 is 5.11 Å². The summed E-state index contributed by atoms with van der Waals surface area (Å²) in [6, 6.07) is 7.18. The number of nitrogens with zero attached hydrogens (tertiary/aromatic N) is 2. The monoisotopic (exact) mass is 256 g/mol. The van der Waals surface area contributed by atoms with Crippen molar-refractivity contribution >= 4 is 23.2 Å². The molecule has 2 rings (SSSR count). The lowest BCUT2D eigenvalue weighted by atomic mass is 10.3. The van der Waals surface area contributed by atoms with Crippen LogP contribution in [0.3, 0.4) is 0 Å². The van der Waals surface area contributed by atoms with Gasteiger partial charge in [-0.25, -0.2) is 4.68 Å². The Labute approximate surface area is 103 Å². The Bertz CT molecular complexity index is 496. The number of hydrogen-bond acceptors (Lipinski definition) is 2. The highest BCUT2D eigenvalue weighted by atomic mass is 35.5. The summed E-state index contributed by atoms with van der Waals surface area (Å²) in [6.45, 7) is 0.0956. The maximum atomic E-state index is 8.79. The summed E-state index contributed by atoms with van der Waals surface area (Å²) in [4.78, 5) is 0. The average molecular weight is 257 g/mol. The van der Waals surface area contributed by atoms with Crippen LogP contribution in [0.15, 0.2) is 30.5 Å². The van der Waals surface area contributed by atoms with E-state index in [4.69, 9.17) is 28.3 Å². The molecule has 0 aliphatic rings. The summed E-state index contributed by atoms with van der Waals surface area (Å²) in [5, 5.41) is 14.1. The van der Waals surface area contributed by atoms with E-state index in [0.29, 0.717) is 16.5 Å². The zero-order valence-electron chi connectivity index (χ0n) is 8.40. The zero-order chi connectivity index (χ0) is 11.5. The smallest absolute Gasteiger partial charge is 0.0661 e. The third-order valence-electron chi connectivity index (χ3n) is 2.18. The van der Waals surface area contributed by atoms with Crippen LogP contribution in [-0.4, -0.2) is 21.5 Å². The Morgan fingerprint density at radius 1 is 1.19 bits per heavy atom.